The summed E-state index contributed by atoms with van der Waals surface area (Å²) >= 11 is 0. The third-order valence-electron chi connectivity index (χ3n) is 7.04. The second-order valence-corrected chi connectivity index (χ2v) is 9.20. The van der Waals surface area contributed by atoms with Crippen LogP contribution in [0, 0.1) is 17.7 Å². The number of Topliss-reactive ketones (excluding diaryl/α,β-unsaturated/α-hetero) is 1. The van der Waals surface area contributed by atoms with Crippen LogP contribution in [-0.2, 0) is 14.3 Å². The van der Waals surface area contributed by atoms with Gasteiger partial charge in [0.2, 0.25) is 11.8 Å². The Morgan fingerprint density at radius 1 is 0.833 bits per heavy atom. The number of ether oxygens (including phenoxy) is 1. The zero-order valence-electron chi connectivity index (χ0n) is 19.4. The average Bonchev–Trinajstić information content (AvgIpc) is 3.17. The number of benzene rings is 3. The molecule has 6 nitrogen and oxygen atoms in total. The first-order valence-electron chi connectivity index (χ1n) is 11.9. The molecule has 2 fully saturated rings. The van der Waals surface area contributed by atoms with Crippen molar-refractivity contribution in [2.45, 2.75) is 25.2 Å². The number of nitrogens with zero attached hydrogens (tertiary/aromatic N) is 1. The second-order valence-electron chi connectivity index (χ2n) is 9.20. The van der Waals surface area contributed by atoms with Gasteiger partial charge in [-0.05, 0) is 73.2 Å². The number of carbonyl (C=O) groups is 4. The summed E-state index contributed by atoms with van der Waals surface area (Å²) in [5.41, 5.74) is 1.84. The van der Waals surface area contributed by atoms with Gasteiger partial charge >= 0.3 is 5.97 Å². The highest BCUT2D eigenvalue weighted by Crippen LogP contribution is 2.45. The topological polar surface area (TPSA) is 80.8 Å². The van der Waals surface area contributed by atoms with Gasteiger partial charge < -0.3 is 4.74 Å². The van der Waals surface area contributed by atoms with Gasteiger partial charge in [0, 0.05) is 5.56 Å². The molecule has 36 heavy (non-hydrogen) atoms. The SMILES string of the molecule is O=C(COC(=O)c1cccc(N2C(=O)[C@@H]3CC[C@H](c4ccccc4)C[C@H]3C2=O)c1)c1ccc(F)cc1. The summed E-state index contributed by atoms with van der Waals surface area (Å²) < 4.78 is 18.2. The largest absolute Gasteiger partial charge is 0.454 e. The lowest BCUT2D eigenvalue weighted by Gasteiger charge is -2.28. The van der Waals surface area contributed by atoms with Crippen molar-refractivity contribution in [3.8, 4) is 0 Å². The Balaban J connectivity index is 1.28. The van der Waals surface area contributed by atoms with E-state index < -0.39 is 24.2 Å². The second kappa shape index (κ2) is 9.85. The number of anilines is 1. The molecule has 0 spiro atoms. The van der Waals surface area contributed by atoms with Crippen LogP contribution in [0.5, 0.6) is 0 Å². The van der Waals surface area contributed by atoms with E-state index in [0.717, 1.165) is 18.6 Å². The molecule has 3 aromatic carbocycles. The van der Waals surface area contributed by atoms with Gasteiger partial charge in [-0.25, -0.2) is 9.18 Å². The number of carbonyl (C=O) groups excluding carboxylic acids is 4. The molecular formula is C29H24FNO5. The monoisotopic (exact) mass is 485 g/mol. The fourth-order valence-corrected chi connectivity index (χ4v) is 5.17. The van der Waals surface area contributed by atoms with Crippen LogP contribution in [0.3, 0.4) is 0 Å². The third kappa shape index (κ3) is 4.56. The van der Waals surface area contributed by atoms with Gasteiger partial charge in [-0.2, -0.15) is 0 Å². The summed E-state index contributed by atoms with van der Waals surface area (Å²) in [5.74, 6) is -2.71. The number of hydrogen-bond donors (Lipinski definition) is 0. The van der Waals surface area contributed by atoms with Crippen molar-refractivity contribution in [3.63, 3.8) is 0 Å². The van der Waals surface area contributed by atoms with Crippen molar-refractivity contribution >= 4 is 29.3 Å². The number of amides is 2. The van der Waals surface area contributed by atoms with E-state index in [1.807, 2.05) is 18.2 Å². The fourth-order valence-electron chi connectivity index (χ4n) is 5.17. The number of rotatable bonds is 6. The summed E-state index contributed by atoms with van der Waals surface area (Å²) in [6, 6.07) is 21.1. The van der Waals surface area contributed by atoms with Crippen molar-refractivity contribution in [1.82, 2.24) is 0 Å². The fraction of sp³-hybridized carbons (Fsp3) is 0.241. The Morgan fingerprint density at radius 3 is 2.31 bits per heavy atom. The van der Waals surface area contributed by atoms with E-state index in [4.69, 9.17) is 4.74 Å². The lowest BCUT2D eigenvalue weighted by atomic mass is 9.73. The van der Waals surface area contributed by atoms with Crippen LogP contribution in [0.4, 0.5) is 10.1 Å². The number of fused-ring (bicyclic) bond motifs is 1. The van der Waals surface area contributed by atoms with Gasteiger partial charge in [0.25, 0.3) is 0 Å². The molecule has 0 radical (unpaired) electrons. The number of hydrogen-bond acceptors (Lipinski definition) is 5. The highest BCUT2D eigenvalue weighted by Gasteiger charge is 2.50. The summed E-state index contributed by atoms with van der Waals surface area (Å²) in [4.78, 5) is 52.5. The Hall–Kier alpha value is -4.13. The molecule has 0 N–H and O–H groups in total. The Morgan fingerprint density at radius 2 is 1.56 bits per heavy atom. The summed E-state index contributed by atoms with van der Waals surface area (Å²) in [7, 11) is 0. The highest BCUT2D eigenvalue weighted by molar-refractivity contribution is 6.22. The normalized spacial score (nSPS) is 21.2. The first kappa shape index (κ1) is 23.6. The molecule has 7 heteroatoms. The molecule has 182 valence electrons. The zero-order valence-corrected chi connectivity index (χ0v) is 19.4. The van der Waals surface area contributed by atoms with Crippen LogP contribution >= 0.6 is 0 Å². The molecule has 1 heterocycles. The lowest BCUT2D eigenvalue weighted by Crippen LogP contribution is -2.31. The van der Waals surface area contributed by atoms with E-state index in [1.165, 1.54) is 34.7 Å². The minimum Gasteiger partial charge on any atom is -0.454 e. The van der Waals surface area contributed by atoms with Gasteiger partial charge in [0.05, 0.1) is 23.1 Å². The average molecular weight is 486 g/mol. The molecule has 0 aromatic heterocycles. The third-order valence-corrected chi connectivity index (χ3v) is 7.04. The number of halogens is 1. The van der Waals surface area contributed by atoms with Crippen molar-refractivity contribution in [3.05, 3.63) is 101 Å². The molecular weight excluding hydrogens is 461 g/mol. The number of esters is 1. The molecule has 2 amide bonds. The molecule has 1 saturated carbocycles. The summed E-state index contributed by atoms with van der Waals surface area (Å²) in [6.07, 6.45) is 2.09. The van der Waals surface area contributed by atoms with Crippen molar-refractivity contribution in [2.24, 2.45) is 11.8 Å². The number of imide groups is 1. The predicted molar refractivity (Wildman–Crippen MR) is 130 cm³/mol. The van der Waals surface area contributed by atoms with Gasteiger partial charge in [-0.3, -0.25) is 19.3 Å². The zero-order chi connectivity index (χ0) is 25.2. The first-order chi connectivity index (χ1) is 17.4. The van der Waals surface area contributed by atoms with Gasteiger partial charge in [0.15, 0.2) is 12.4 Å². The maximum Gasteiger partial charge on any atom is 0.338 e. The molecule has 2 aliphatic rings. The lowest BCUT2D eigenvalue weighted by molar-refractivity contribution is -0.122. The van der Waals surface area contributed by atoms with Crippen LogP contribution in [0.15, 0.2) is 78.9 Å². The Bertz CT molecular complexity index is 1320. The van der Waals surface area contributed by atoms with E-state index in [1.54, 1.807) is 12.1 Å². The van der Waals surface area contributed by atoms with E-state index in [-0.39, 0.29) is 40.7 Å². The number of ketones is 1. The quantitative estimate of drug-likeness (QED) is 0.281. The molecule has 1 aliphatic carbocycles. The predicted octanol–water partition coefficient (Wildman–Crippen LogP) is 4.94. The standard InChI is InChI=1S/C29H24FNO5/c30-22-12-9-19(10-13-22)26(32)17-36-29(35)21-7-4-8-23(15-21)31-27(33)24-14-11-20(16-25(24)28(31)34)18-5-2-1-3-6-18/h1-10,12-13,15,20,24-25H,11,14,16-17H2/t20-,24+,25+/m0/s1. The smallest absolute Gasteiger partial charge is 0.338 e. The van der Waals surface area contributed by atoms with Gasteiger partial charge in [0.1, 0.15) is 5.82 Å². The highest BCUT2D eigenvalue weighted by atomic mass is 19.1. The molecule has 5 rings (SSSR count). The van der Waals surface area contributed by atoms with Crippen molar-refractivity contribution < 1.29 is 28.3 Å². The van der Waals surface area contributed by atoms with Crippen molar-refractivity contribution in [2.75, 3.05) is 11.5 Å². The van der Waals surface area contributed by atoms with E-state index in [9.17, 15) is 23.6 Å². The van der Waals surface area contributed by atoms with E-state index in [2.05, 4.69) is 12.1 Å². The maximum atomic E-state index is 13.3. The van der Waals surface area contributed by atoms with Crippen LogP contribution in [-0.4, -0.2) is 30.2 Å². The van der Waals surface area contributed by atoms with Crippen LogP contribution in [0.1, 0.15) is 51.5 Å². The molecule has 0 bridgehead atoms. The summed E-state index contributed by atoms with van der Waals surface area (Å²) in [5, 5.41) is 0. The van der Waals surface area contributed by atoms with Crippen molar-refractivity contribution in [1.29, 1.82) is 0 Å². The van der Waals surface area contributed by atoms with Crippen LogP contribution < -0.4 is 4.90 Å². The minimum atomic E-state index is -0.757. The Labute approximate surface area is 207 Å². The van der Waals surface area contributed by atoms with E-state index in [0.29, 0.717) is 18.5 Å². The molecule has 3 aromatic rings. The Kier molecular flexibility index (Phi) is 6.46. The first-order valence-corrected chi connectivity index (χ1v) is 11.9. The minimum absolute atomic E-state index is 0.122. The summed E-state index contributed by atoms with van der Waals surface area (Å²) in [6.45, 7) is -0.513. The molecule has 0 unspecified atom stereocenters. The molecule has 1 aliphatic heterocycles. The van der Waals surface area contributed by atoms with E-state index >= 15 is 0 Å². The maximum absolute atomic E-state index is 13.3. The van der Waals surface area contributed by atoms with Crippen LogP contribution in [0.25, 0.3) is 0 Å². The van der Waals surface area contributed by atoms with Crippen LogP contribution in [0.2, 0.25) is 0 Å². The van der Waals surface area contributed by atoms with Gasteiger partial charge in [-0.1, -0.05) is 36.4 Å². The molecule has 1 saturated heterocycles. The molecule has 3 atom stereocenters. The van der Waals surface area contributed by atoms with Gasteiger partial charge in [-0.15, -0.1) is 0 Å².